The number of phenols is 1. The number of hydrogen-bond donors (Lipinski definition) is 10. The highest BCUT2D eigenvalue weighted by atomic mass is 16.4. The average molecular weight is 575 g/mol. The third kappa shape index (κ3) is 12.8. The van der Waals surface area contributed by atoms with Crippen molar-refractivity contribution in [2.75, 3.05) is 6.54 Å². The van der Waals surface area contributed by atoms with Crippen LogP contribution in [-0.2, 0) is 33.8 Å². The largest absolute Gasteiger partial charge is 0.507 e. The van der Waals surface area contributed by atoms with Crippen LogP contribution in [0.25, 0.3) is 0 Å². The molecule has 15 nitrogen and oxygen atoms in total. The van der Waals surface area contributed by atoms with Gasteiger partial charge in [-0.25, -0.2) is 4.79 Å². The smallest absolute Gasteiger partial charge is 0.475 e. The third-order valence-electron chi connectivity index (χ3n) is 5.68. The zero-order chi connectivity index (χ0) is 30.9. The number of benzene rings is 2. The Bertz CT molecular complexity index is 1190. The van der Waals surface area contributed by atoms with E-state index in [1.807, 2.05) is 0 Å². The van der Waals surface area contributed by atoms with Gasteiger partial charge in [-0.3, -0.25) is 19.4 Å². The summed E-state index contributed by atoms with van der Waals surface area (Å²) in [6.07, 6.45) is 0.531. The van der Waals surface area contributed by atoms with Crippen LogP contribution in [-0.4, -0.2) is 86.4 Å². The molecular weight excluding hydrogens is 541 g/mol. The number of nitrogens with two attached hydrogens (primary N) is 2. The number of guanidine groups is 1. The van der Waals surface area contributed by atoms with E-state index in [4.69, 9.17) is 26.5 Å². The van der Waals surface area contributed by atoms with Gasteiger partial charge in [0.2, 0.25) is 5.91 Å². The summed E-state index contributed by atoms with van der Waals surface area (Å²) in [6.45, 7) is 0.359. The molecule has 0 aliphatic heterocycles. The Hall–Kier alpha value is -4.67. The maximum atomic E-state index is 12.5. The Morgan fingerprint density at radius 3 is 2.17 bits per heavy atom. The number of carbonyl (C=O) groups is 4. The van der Waals surface area contributed by atoms with E-state index in [2.05, 4.69) is 15.6 Å². The number of rotatable bonds is 15. The Morgan fingerprint density at radius 1 is 1.02 bits per heavy atom. The van der Waals surface area contributed by atoms with Crippen molar-refractivity contribution in [1.82, 2.24) is 10.6 Å². The second-order valence-electron chi connectivity index (χ2n) is 8.73. The van der Waals surface area contributed by atoms with Gasteiger partial charge in [0.1, 0.15) is 17.4 Å². The summed E-state index contributed by atoms with van der Waals surface area (Å²) in [5.74, 6) is -4.61. The van der Waals surface area contributed by atoms with E-state index in [0.29, 0.717) is 24.9 Å². The van der Waals surface area contributed by atoms with E-state index < -0.39 is 42.7 Å². The SMILES string of the molecule is NC(N)=NCCC[C@H](NCc1ccc(CC(=O)N[C@@H](Cc2cccc(C(=O)O)c2O)B(O)O)cc1)C(=O)O.O=CO. The van der Waals surface area contributed by atoms with Crippen LogP contribution >= 0.6 is 0 Å². The number of aromatic hydroxyl groups is 1. The van der Waals surface area contributed by atoms with E-state index in [1.54, 1.807) is 24.3 Å². The molecule has 41 heavy (non-hydrogen) atoms. The second-order valence-corrected chi connectivity index (χ2v) is 8.73. The molecule has 0 saturated carbocycles. The van der Waals surface area contributed by atoms with Gasteiger partial charge in [-0.05, 0) is 42.0 Å². The van der Waals surface area contributed by atoms with Crippen LogP contribution in [0.5, 0.6) is 5.75 Å². The van der Waals surface area contributed by atoms with Gasteiger partial charge in [-0.2, -0.15) is 0 Å². The third-order valence-corrected chi connectivity index (χ3v) is 5.68. The van der Waals surface area contributed by atoms with Gasteiger partial charge in [0.25, 0.3) is 6.47 Å². The molecular formula is C25H34BN5O10. The number of carboxylic acid groups (broad SMARTS) is 3. The lowest BCUT2D eigenvalue weighted by atomic mass is 9.75. The first-order chi connectivity index (χ1) is 19.4. The molecule has 0 fully saturated rings. The number of aliphatic carboxylic acids is 1. The molecule has 0 aliphatic carbocycles. The van der Waals surface area contributed by atoms with Crippen molar-refractivity contribution < 1.29 is 49.7 Å². The number of aliphatic imine (C=N–C) groups is 1. The zero-order valence-electron chi connectivity index (χ0n) is 22.0. The van der Waals surface area contributed by atoms with Crippen molar-refractivity contribution in [3.8, 4) is 5.75 Å². The molecule has 0 radical (unpaired) electrons. The van der Waals surface area contributed by atoms with Crippen LogP contribution in [0.3, 0.4) is 0 Å². The van der Waals surface area contributed by atoms with Crippen molar-refractivity contribution in [2.24, 2.45) is 16.5 Å². The van der Waals surface area contributed by atoms with Crippen LogP contribution in [0.15, 0.2) is 47.5 Å². The maximum absolute atomic E-state index is 12.5. The van der Waals surface area contributed by atoms with Crippen molar-refractivity contribution in [3.05, 3.63) is 64.7 Å². The summed E-state index contributed by atoms with van der Waals surface area (Å²) in [4.78, 5) is 47.4. The molecule has 12 N–H and O–H groups in total. The fourth-order valence-electron chi connectivity index (χ4n) is 3.67. The lowest BCUT2D eigenvalue weighted by molar-refractivity contribution is -0.139. The maximum Gasteiger partial charge on any atom is 0.475 e. The van der Waals surface area contributed by atoms with Crippen molar-refractivity contribution in [1.29, 1.82) is 0 Å². The molecule has 0 spiro atoms. The molecule has 1 amide bonds. The molecule has 2 aromatic carbocycles. The standard InChI is InChI=1S/C24H32BN5O8.CH2O2/c26-24(27)28-10-2-5-18(23(35)36)29-13-15-8-6-14(7-9-15)11-20(31)30-19(25(37)38)12-16-3-1-4-17(21(16)32)22(33)34;2-1-3/h1,3-4,6-9,18-19,29,32,37-38H,2,5,10-13H2,(H,30,31)(H,33,34)(H,35,36)(H4,26,27,28);1H,(H,2,3)/t18-,19-;/m0./s1. The first kappa shape index (κ1) is 34.4. The topological polar surface area (TPSA) is 278 Å². The number of amides is 1. The average Bonchev–Trinajstić information content (AvgIpc) is 2.89. The molecule has 222 valence electrons. The predicted molar refractivity (Wildman–Crippen MR) is 148 cm³/mol. The Balaban J connectivity index is 0.00000268. The van der Waals surface area contributed by atoms with E-state index in [0.717, 1.165) is 5.56 Å². The molecule has 0 unspecified atom stereocenters. The van der Waals surface area contributed by atoms with Gasteiger partial charge < -0.3 is 52.6 Å². The fraction of sp³-hybridized carbons (Fsp3) is 0.320. The van der Waals surface area contributed by atoms with Crippen molar-refractivity contribution >= 4 is 37.4 Å². The summed E-state index contributed by atoms with van der Waals surface area (Å²) < 4.78 is 0. The highest BCUT2D eigenvalue weighted by Crippen LogP contribution is 2.24. The first-order valence-electron chi connectivity index (χ1n) is 12.3. The highest BCUT2D eigenvalue weighted by molar-refractivity contribution is 6.43. The highest BCUT2D eigenvalue weighted by Gasteiger charge is 2.27. The Kier molecular flexibility index (Phi) is 14.9. The van der Waals surface area contributed by atoms with Gasteiger partial charge in [0.05, 0.1) is 12.4 Å². The van der Waals surface area contributed by atoms with Gasteiger partial charge >= 0.3 is 19.1 Å². The van der Waals surface area contributed by atoms with E-state index in [1.165, 1.54) is 18.2 Å². The van der Waals surface area contributed by atoms with Crippen molar-refractivity contribution in [3.63, 3.8) is 0 Å². The molecule has 0 aromatic heterocycles. The summed E-state index contributed by atoms with van der Waals surface area (Å²) in [5, 5.41) is 60.4. The molecule has 2 rings (SSSR count). The van der Waals surface area contributed by atoms with E-state index in [-0.39, 0.29) is 42.9 Å². The van der Waals surface area contributed by atoms with E-state index in [9.17, 15) is 34.6 Å². The summed E-state index contributed by atoms with van der Waals surface area (Å²) in [6, 6.07) is 10.1. The molecule has 0 bridgehead atoms. The number of carbonyl (C=O) groups excluding carboxylic acids is 1. The normalized spacial score (nSPS) is 11.7. The number of carboxylic acids is 2. The number of para-hydroxylation sites is 1. The van der Waals surface area contributed by atoms with Gasteiger partial charge in [-0.1, -0.05) is 36.4 Å². The molecule has 16 heteroatoms. The van der Waals surface area contributed by atoms with Crippen LogP contribution in [0.4, 0.5) is 0 Å². The van der Waals surface area contributed by atoms with Crippen LogP contribution < -0.4 is 22.1 Å². The number of nitrogens with one attached hydrogen (secondary N) is 2. The van der Waals surface area contributed by atoms with Crippen LogP contribution in [0.1, 0.15) is 39.9 Å². The molecule has 2 aromatic rings. The molecule has 0 aliphatic rings. The second kappa shape index (κ2) is 17.8. The molecule has 2 atom stereocenters. The number of aromatic carboxylic acids is 1. The molecule has 0 heterocycles. The summed E-state index contributed by atoms with van der Waals surface area (Å²) in [5.41, 5.74) is 11.7. The minimum Gasteiger partial charge on any atom is -0.507 e. The monoisotopic (exact) mass is 575 g/mol. The van der Waals surface area contributed by atoms with Gasteiger partial charge in [0.15, 0.2) is 5.96 Å². The van der Waals surface area contributed by atoms with Crippen molar-refractivity contribution in [2.45, 2.75) is 44.2 Å². The Labute approximate surface area is 235 Å². The van der Waals surface area contributed by atoms with Gasteiger partial charge in [-0.15, -0.1) is 0 Å². The van der Waals surface area contributed by atoms with Crippen LogP contribution in [0, 0.1) is 0 Å². The predicted octanol–water partition coefficient (Wildman–Crippen LogP) is -1.33. The number of nitrogens with zero attached hydrogens (tertiary/aromatic N) is 1. The van der Waals surface area contributed by atoms with Crippen LogP contribution in [0.2, 0.25) is 0 Å². The fourth-order valence-corrected chi connectivity index (χ4v) is 3.67. The minimum absolute atomic E-state index is 0.0495. The summed E-state index contributed by atoms with van der Waals surface area (Å²) >= 11 is 0. The lowest BCUT2D eigenvalue weighted by Gasteiger charge is -2.19. The van der Waals surface area contributed by atoms with E-state index >= 15 is 0 Å². The number of hydrogen-bond acceptors (Lipinski definition) is 9. The quantitative estimate of drug-likeness (QED) is 0.0388. The zero-order valence-corrected chi connectivity index (χ0v) is 22.0. The first-order valence-corrected chi connectivity index (χ1v) is 12.3. The molecule has 0 saturated heterocycles. The minimum atomic E-state index is -1.96. The Morgan fingerprint density at radius 2 is 1.63 bits per heavy atom. The lowest BCUT2D eigenvalue weighted by Crippen LogP contribution is -2.48. The summed E-state index contributed by atoms with van der Waals surface area (Å²) in [7, 11) is -1.96. The van der Waals surface area contributed by atoms with Gasteiger partial charge in [0, 0.05) is 13.1 Å².